The Bertz CT molecular complexity index is 332. The van der Waals surface area contributed by atoms with Gasteiger partial charge in [0.15, 0.2) is 0 Å². The summed E-state index contributed by atoms with van der Waals surface area (Å²) in [4.78, 5) is 10.3. The molecule has 0 aromatic heterocycles. The molecule has 1 aromatic carbocycles. The van der Waals surface area contributed by atoms with Crippen LogP contribution < -0.4 is 12.4 Å². The van der Waals surface area contributed by atoms with E-state index in [2.05, 4.69) is 0 Å². The van der Waals surface area contributed by atoms with E-state index >= 15 is 0 Å². The van der Waals surface area contributed by atoms with Gasteiger partial charge in [-0.1, -0.05) is 19.1 Å². The van der Waals surface area contributed by atoms with Gasteiger partial charge in [0.1, 0.15) is 0 Å². The molecule has 85 valence electrons. The van der Waals surface area contributed by atoms with Crippen LogP contribution in [-0.4, -0.2) is 12.0 Å². The third kappa shape index (κ3) is 4.35. The van der Waals surface area contributed by atoms with Crippen molar-refractivity contribution in [1.29, 1.82) is 0 Å². The van der Waals surface area contributed by atoms with Crippen molar-refractivity contribution in [3.05, 3.63) is 39.9 Å². The molecule has 0 saturated heterocycles. The second kappa shape index (κ2) is 8.90. The topological polar surface area (TPSA) is 52.4 Å². The molecule has 0 bridgehead atoms. The van der Waals surface area contributed by atoms with Crippen molar-refractivity contribution in [2.75, 3.05) is 7.11 Å². The van der Waals surface area contributed by atoms with Gasteiger partial charge >= 0.3 is 27.7 Å². The van der Waals surface area contributed by atoms with Crippen LogP contribution in [0.4, 0.5) is 5.69 Å². The fourth-order valence-corrected chi connectivity index (χ4v) is 1.44. The zero-order valence-electron chi connectivity index (χ0n) is 9.35. The summed E-state index contributed by atoms with van der Waals surface area (Å²) in [6.07, 6.45) is 0.526. The number of nitro groups is 1. The molecule has 6 heteroatoms. The Morgan fingerprint density at radius 2 is 2.00 bits per heavy atom. The van der Waals surface area contributed by atoms with Gasteiger partial charge in [0.2, 0.25) is 0 Å². The number of hydrogen-bond donors (Lipinski definition) is 0. The molecule has 0 amide bonds. The van der Waals surface area contributed by atoms with E-state index in [1.54, 1.807) is 25.3 Å². The van der Waals surface area contributed by atoms with Gasteiger partial charge in [0, 0.05) is 13.2 Å². The summed E-state index contributed by atoms with van der Waals surface area (Å²) in [7, 11) is 1.56. The number of benzene rings is 1. The van der Waals surface area contributed by atoms with Gasteiger partial charge in [-0.2, -0.15) is 0 Å². The largest absolute Gasteiger partial charge is 1.00 e. The molecule has 4 nitrogen and oxygen atoms in total. The van der Waals surface area contributed by atoms with E-state index in [0.29, 0.717) is 5.56 Å². The van der Waals surface area contributed by atoms with Gasteiger partial charge in [0.25, 0.3) is 5.69 Å². The second-order valence-corrected chi connectivity index (χ2v) is 2.95. The Kier molecular flexibility index (Phi) is 10.1. The van der Waals surface area contributed by atoms with Crippen molar-refractivity contribution in [2.24, 2.45) is 0 Å². The molecule has 0 aliphatic carbocycles. The first-order valence-electron chi connectivity index (χ1n) is 4.46. The minimum atomic E-state index is -0.378. The third-order valence-corrected chi connectivity index (χ3v) is 2.14. The summed E-state index contributed by atoms with van der Waals surface area (Å²) >= 11 is 0. The summed E-state index contributed by atoms with van der Waals surface area (Å²) in [5.74, 6) is 0. The monoisotopic (exact) mass is 432 g/mol. The van der Waals surface area contributed by atoms with Crippen LogP contribution in [0.25, 0.3) is 0 Å². The van der Waals surface area contributed by atoms with Gasteiger partial charge in [-0.05, 0) is 12.5 Å². The fourth-order valence-electron chi connectivity index (χ4n) is 1.44. The third-order valence-electron chi connectivity index (χ3n) is 2.14. The van der Waals surface area contributed by atoms with Crippen molar-refractivity contribution in [3.63, 3.8) is 0 Å². The maximum Gasteiger partial charge on any atom is 1.00 e. The van der Waals surface area contributed by atoms with Crippen LogP contribution in [0.1, 0.15) is 25.0 Å². The molecule has 0 spiro atoms. The number of ether oxygens (including phenoxy) is 1. The standard InChI is InChI=1S/C10H13NO3.ClH.Hg/c1-3-10(14-2)8-6-4-5-7-9(8)11(12)13;;/h4-7,10H,3H2,1-2H3;1H;/q;;+1/p-1. The van der Waals surface area contributed by atoms with Gasteiger partial charge in [-0.3, -0.25) is 10.1 Å². The van der Waals surface area contributed by atoms with Crippen LogP contribution in [0, 0.1) is 10.1 Å². The molecular formula is C10H13ClHgNO3. The molecule has 1 atom stereocenters. The van der Waals surface area contributed by atoms with Crippen molar-refractivity contribution in [3.8, 4) is 0 Å². The molecular weight excluding hydrogens is 418 g/mol. The molecule has 16 heavy (non-hydrogen) atoms. The Morgan fingerprint density at radius 3 is 2.44 bits per heavy atom. The van der Waals surface area contributed by atoms with E-state index in [-0.39, 0.29) is 56.8 Å². The van der Waals surface area contributed by atoms with Gasteiger partial charge in [-0.15, -0.1) is 0 Å². The minimum absolute atomic E-state index is 0. The average molecular weight is 431 g/mol. The van der Waals surface area contributed by atoms with Gasteiger partial charge < -0.3 is 17.1 Å². The molecule has 1 rings (SSSR count). The van der Waals surface area contributed by atoms with E-state index in [1.807, 2.05) is 6.92 Å². The zero-order chi connectivity index (χ0) is 10.6. The fraction of sp³-hybridized carbons (Fsp3) is 0.400. The molecule has 1 aromatic rings. The maximum atomic E-state index is 10.7. The Labute approximate surface area is 121 Å². The molecule has 0 N–H and O–H groups in total. The minimum Gasteiger partial charge on any atom is -1.00 e. The van der Waals surface area contributed by atoms with E-state index in [0.717, 1.165) is 6.42 Å². The number of rotatable bonds is 4. The molecule has 0 aliphatic heterocycles. The average Bonchev–Trinajstić information content (AvgIpc) is 2.20. The number of para-hydroxylation sites is 1. The van der Waals surface area contributed by atoms with Crippen molar-refractivity contribution >= 4 is 5.69 Å². The zero-order valence-corrected chi connectivity index (χ0v) is 15.6. The van der Waals surface area contributed by atoms with Crippen molar-refractivity contribution in [1.82, 2.24) is 0 Å². The second-order valence-electron chi connectivity index (χ2n) is 2.95. The van der Waals surface area contributed by atoms with Crippen molar-refractivity contribution in [2.45, 2.75) is 19.4 Å². The van der Waals surface area contributed by atoms with Crippen LogP contribution in [0.15, 0.2) is 24.3 Å². The molecule has 0 fully saturated rings. The van der Waals surface area contributed by atoms with E-state index in [1.165, 1.54) is 6.07 Å². The molecule has 1 unspecified atom stereocenters. The summed E-state index contributed by atoms with van der Waals surface area (Å²) < 4.78 is 5.17. The van der Waals surface area contributed by atoms with Crippen LogP contribution in [-0.2, 0) is 32.4 Å². The van der Waals surface area contributed by atoms with Crippen LogP contribution in [0.5, 0.6) is 0 Å². The SMILES string of the molecule is CCC(OC)c1ccccc1[N+](=O)[O-].[Cl-].[Hg+]. The van der Waals surface area contributed by atoms with E-state index < -0.39 is 0 Å². The number of methoxy groups -OCH3 is 1. The quantitative estimate of drug-likeness (QED) is 0.374. The van der Waals surface area contributed by atoms with Crippen LogP contribution in [0.2, 0.25) is 0 Å². The van der Waals surface area contributed by atoms with Crippen LogP contribution >= 0.6 is 0 Å². The summed E-state index contributed by atoms with van der Waals surface area (Å²) in [6.45, 7) is 1.94. The summed E-state index contributed by atoms with van der Waals surface area (Å²) in [5, 5.41) is 10.7. The number of hydrogen-bond acceptors (Lipinski definition) is 3. The van der Waals surface area contributed by atoms with E-state index in [9.17, 15) is 10.1 Å². The Hall–Kier alpha value is -0.195. The number of nitro benzene ring substituents is 1. The Balaban J connectivity index is 0. The van der Waals surface area contributed by atoms with E-state index in [4.69, 9.17) is 4.74 Å². The number of nitrogens with zero attached hydrogens (tertiary/aromatic N) is 1. The predicted molar refractivity (Wildman–Crippen MR) is 53.1 cm³/mol. The molecule has 1 radical (unpaired) electrons. The van der Waals surface area contributed by atoms with Crippen LogP contribution in [0.3, 0.4) is 0 Å². The Morgan fingerprint density at radius 1 is 1.44 bits per heavy atom. The van der Waals surface area contributed by atoms with Gasteiger partial charge in [-0.25, -0.2) is 0 Å². The predicted octanol–water partition coefficient (Wildman–Crippen LogP) is -0.306. The number of halogens is 1. The first-order chi connectivity index (χ1) is 6.70. The normalized spacial score (nSPS) is 10.9. The smallest absolute Gasteiger partial charge is 1.00 e. The first kappa shape index (κ1) is 18.2. The summed E-state index contributed by atoms with van der Waals surface area (Å²) in [5.41, 5.74) is 0.767. The van der Waals surface area contributed by atoms with Gasteiger partial charge in [0.05, 0.1) is 16.6 Å². The summed E-state index contributed by atoms with van der Waals surface area (Å²) in [6, 6.07) is 6.67. The first-order valence-corrected chi connectivity index (χ1v) is 4.46. The van der Waals surface area contributed by atoms with Crippen molar-refractivity contribution < 1.29 is 49.7 Å². The maximum absolute atomic E-state index is 10.7. The molecule has 0 aliphatic rings. The molecule has 0 saturated carbocycles. The molecule has 0 heterocycles.